The highest BCUT2D eigenvalue weighted by molar-refractivity contribution is 5.98. The predicted molar refractivity (Wildman–Crippen MR) is 77.7 cm³/mol. The molecule has 114 valence electrons. The first kappa shape index (κ1) is 14.1. The smallest absolute Gasteiger partial charge is 0.244 e. The largest absolute Gasteiger partial charge is 0.358 e. The summed E-state index contributed by atoms with van der Waals surface area (Å²) in [6, 6.07) is 0. The van der Waals surface area contributed by atoms with Crippen molar-refractivity contribution in [3.63, 3.8) is 0 Å². The van der Waals surface area contributed by atoms with E-state index in [-0.39, 0.29) is 23.9 Å². The SMILES string of the molecule is CNC(=O)Cn1cc(NC(=O)C23CCCN2CCC3)cn1. The molecule has 3 rings (SSSR count). The van der Waals surface area contributed by atoms with Crippen LogP contribution < -0.4 is 10.6 Å². The van der Waals surface area contributed by atoms with Gasteiger partial charge >= 0.3 is 0 Å². The summed E-state index contributed by atoms with van der Waals surface area (Å²) >= 11 is 0. The van der Waals surface area contributed by atoms with Crippen molar-refractivity contribution < 1.29 is 9.59 Å². The van der Waals surface area contributed by atoms with Crippen molar-refractivity contribution in [2.24, 2.45) is 0 Å². The van der Waals surface area contributed by atoms with Crippen LogP contribution in [0.1, 0.15) is 25.7 Å². The zero-order chi connectivity index (χ0) is 14.9. The Bertz CT molecular complexity index is 543. The minimum Gasteiger partial charge on any atom is -0.358 e. The molecule has 0 saturated carbocycles. The highest BCUT2D eigenvalue weighted by atomic mass is 16.2. The molecule has 0 spiro atoms. The van der Waals surface area contributed by atoms with Crippen LogP contribution in [0.2, 0.25) is 0 Å². The quantitative estimate of drug-likeness (QED) is 0.830. The number of rotatable bonds is 4. The summed E-state index contributed by atoms with van der Waals surface area (Å²) in [6.07, 6.45) is 7.33. The van der Waals surface area contributed by atoms with Gasteiger partial charge in [-0.2, -0.15) is 5.10 Å². The maximum absolute atomic E-state index is 12.6. The van der Waals surface area contributed by atoms with Crippen molar-refractivity contribution in [1.29, 1.82) is 0 Å². The lowest BCUT2D eigenvalue weighted by Gasteiger charge is -2.30. The van der Waals surface area contributed by atoms with Gasteiger partial charge in [0.25, 0.3) is 0 Å². The summed E-state index contributed by atoms with van der Waals surface area (Å²) in [5.41, 5.74) is 0.333. The van der Waals surface area contributed by atoms with Gasteiger partial charge < -0.3 is 10.6 Å². The molecule has 0 radical (unpaired) electrons. The van der Waals surface area contributed by atoms with E-state index >= 15 is 0 Å². The van der Waals surface area contributed by atoms with Crippen LogP contribution in [0.15, 0.2) is 12.4 Å². The third-order valence-corrected chi connectivity index (χ3v) is 4.54. The van der Waals surface area contributed by atoms with Gasteiger partial charge in [-0.15, -0.1) is 0 Å². The average molecular weight is 291 g/mol. The minimum absolute atomic E-state index is 0.0667. The van der Waals surface area contributed by atoms with Gasteiger partial charge in [-0.1, -0.05) is 0 Å². The van der Waals surface area contributed by atoms with E-state index in [1.54, 1.807) is 19.4 Å². The van der Waals surface area contributed by atoms with E-state index in [4.69, 9.17) is 0 Å². The number of aromatic nitrogens is 2. The number of nitrogens with one attached hydrogen (secondary N) is 2. The van der Waals surface area contributed by atoms with Crippen molar-refractivity contribution in [3.05, 3.63) is 12.4 Å². The molecule has 0 aromatic carbocycles. The Morgan fingerprint density at radius 2 is 2.05 bits per heavy atom. The summed E-state index contributed by atoms with van der Waals surface area (Å²) in [7, 11) is 1.59. The highest BCUT2D eigenvalue weighted by Crippen LogP contribution is 2.39. The molecule has 0 aliphatic carbocycles. The van der Waals surface area contributed by atoms with Crippen LogP contribution in [-0.2, 0) is 16.1 Å². The van der Waals surface area contributed by atoms with Gasteiger partial charge in [0.15, 0.2) is 0 Å². The normalized spacial score (nSPS) is 20.2. The standard InChI is InChI=1S/C14H21N5O2/c1-15-12(20)10-19-9-11(8-16-19)17-13(21)14-4-2-6-18(14)7-3-5-14/h8-9H,2-7,10H2,1H3,(H,15,20)(H,17,21). The summed E-state index contributed by atoms with van der Waals surface area (Å²) in [4.78, 5) is 26.2. The molecular weight excluding hydrogens is 270 g/mol. The van der Waals surface area contributed by atoms with Gasteiger partial charge in [0.1, 0.15) is 12.1 Å². The molecule has 2 aliphatic rings. The van der Waals surface area contributed by atoms with Crippen LogP contribution >= 0.6 is 0 Å². The zero-order valence-electron chi connectivity index (χ0n) is 12.3. The molecule has 7 heteroatoms. The van der Waals surface area contributed by atoms with Gasteiger partial charge in [-0.3, -0.25) is 19.2 Å². The summed E-state index contributed by atoms with van der Waals surface area (Å²) < 4.78 is 1.52. The molecule has 21 heavy (non-hydrogen) atoms. The first-order valence-electron chi connectivity index (χ1n) is 7.43. The third-order valence-electron chi connectivity index (χ3n) is 4.54. The molecule has 0 bridgehead atoms. The molecule has 2 saturated heterocycles. The second kappa shape index (κ2) is 5.48. The Balaban J connectivity index is 1.66. The number of nitrogens with zero attached hydrogens (tertiary/aromatic N) is 3. The van der Waals surface area contributed by atoms with Crippen LogP contribution in [-0.4, -0.2) is 52.2 Å². The Morgan fingerprint density at radius 1 is 1.33 bits per heavy atom. The Kier molecular flexibility index (Phi) is 3.67. The van der Waals surface area contributed by atoms with Crippen LogP contribution in [0.3, 0.4) is 0 Å². The lowest BCUT2D eigenvalue weighted by molar-refractivity contribution is -0.125. The topological polar surface area (TPSA) is 79.3 Å². The number of amides is 2. The van der Waals surface area contributed by atoms with E-state index < -0.39 is 0 Å². The molecule has 0 atom stereocenters. The molecule has 1 aromatic rings. The summed E-state index contributed by atoms with van der Waals surface area (Å²) in [6.45, 7) is 2.19. The third kappa shape index (κ3) is 2.53. The zero-order valence-corrected chi connectivity index (χ0v) is 12.3. The van der Waals surface area contributed by atoms with Crippen molar-refractivity contribution in [2.75, 3.05) is 25.5 Å². The molecule has 2 aliphatic heterocycles. The lowest BCUT2D eigenvalue weighted by Crippen LogP contribution is -2.48. The fourth-order valence-electron chi connectivity index (χ4n) is 3.46. The number of likely N-dealkylation sites (N-methyl/N-ethyl adjacent to an activating group) is 1. The van der Waals surface area contributed by atoms with Crippen LogP contribution in [0.25, 0.3) is 0 Å². The predicted octanol–water partition coefficient (Wildman–Crippen LogP) is 0.196. The maximum Gasteiger partial charge on any atom is 0.244 e. The van der Waals surface area contributed by atoms with E-state index in [0.29, 0.717) is 5.69 Å². The van der Waals surface area contributed by atoms with Gasteiger partial charge in [0, 0.05) is 13.2 Å². The van der Waals surface area contributed by atoms with Crippen LogP contribution in [0.5, 0.6) is 0 Å². The lowest BCUT2D eigenvalue weighted by atomic mass is 9.93. The number of hydrogen-bond donors (Lipinski definition) is 2. The number of carbonyl (C=O) groups excluding carboxylic acids is 2. The molecule has 2 N–H and O–H groups in total. The molecule has 0 unspecified atom stereocenters. The summed E-state index contributed by atoms with van der Waals surface area (Å²) in [5.74, 6) is -0.0516. The molecule has 7 nitrogen and oxygen atoms in total. The minimum atomic E-state index is -0.317. The summed E-state index contributed by atoms with van der Waals surface area (Å²) in [5, 5.41) is 9.60. The second-order valence-corrected chi connectivity index (χ2v) is 5.78. The van der Waals surface area contributed by atoms with Gasteiger partial charge in [-0.05, 0) is 38.8 Å². The molecule has 2 amide bonds. The number of carbonyl (C=O) groups is 2. The van der Waals surface area contributed by atoms with E-state index in [9.17, 15) is 9.59 Å². The molecular formula is C14H21N5O2. The fraction of sp³-hybridized carbons (Fsp3) is 0.643. The monoisotopic (exact) mass is 291 g/mol. The van der Waals surface area contributed by atoms with E-state index in [1.807, 2.05) is 0 Å². The molecule has 3 heterocycles. The first-order chi connectivity index (χ1) is 10.1. The second-order valence-electron chi connectivity index (χ2n) is 5.78. The van der Waals surface area contributed by atoms with Gasteiger partial charge in [0.05, 0.1) is 11.9 Å². The number of hydrogen-bond acceptors (Lipinski definition) is 4. The van der Waals surface area contributed by atoms with E-state index in [0.717, 1.165) is 38.8 Å². The fourth-order valence-corrected chi connectivity index (χ4v) is 3.46. The Labute approximate surface area is 123 Å². The number of anilines is 1. The average Bonchev–Trinajstić information content (AvgIpc) is 3.13. The van der Waals surface area contributed by atoms with E-state index in [1.165, 1.54) is 4.68 Å². The van der Waals surface area contributed by atoms with Crippen molar-refractivity contribution in [1.82, 2.24) is 20.0 Å². The van der Waals surface area contributed by atoms with Crippen molar-refractivity contribution >= 4 is 17.5 Å². The van der Waals surface area contributed by atoms with Crippen LogP contribution in [0, 0.1) is 0 Å². The highest BCUT2D eigenvalue weighted by Gasteiger charge is 2.49. The van der Waals surface area contributed by atoms with Crippen molar-refractivity contribution in [3.8, 4) is 0 Å². The van der Waals surface area contributed by atoms with Gasteiger partial charge in [0.2, 0.25) is 11.8 Å². The first-order valence-corrected chi connectivity index (χ1v) is 7.43. The molecule has 1 aromatic heterocycles. The Hall–Kier alpha value is -1.89. The maximum atomic E-state index is 12.6. The van der Waals surface area contributed by atoms with E-state index in [2.05, 4.69) is 20.6 Å². The number of fused-ring (bicyclic) bond motifs is 1. The molecule has 2 fully saturated rings. The van der Waals surface area contributed by atoms with Crippen molar-refractivity contribution in [2.45, 2.75) is 37.8 Å². The van der Waals surface area contributed by atoms with Crippen LogP contribution in [0.4, 0.5) is 5.69 Å². The Morgan fingerprint density at radius 3 is 2.71 bits per heavy atom. The van der Waals surface area contributed by atoms with Gasteiger partial charge in [-0.25, -0.2) is 0 Å².